The molecule has 102 valence electrons. The van der Waals surface area contributed by atoms with Gasteiger partial charge in [0.2, 0.25) is 0 Å². The minimum Gasteiger partial charge on any atom is -0.508 e. The molecule has 2 rings (SSSR count). The molecule has 0 aliphatic carbocycles. The van der Waals surface area contributed by atoms with Crippen LogP contribution >= 0.6 is 0 Å². The van der Waals surface area contributed by atoms with Crippen molar-refractivity contribution in [2.24, 2.45) is 0 Å². The van der Waals surface area contributed by atoms with E-state index in [1.807, 2.05) is 6.07 Å². The topological polar surface area (TPSA) is 90.2 Å². The van der Waals surface area contributed by atoms with Crippen LogP contribution in [0.2, 0.25) is 0 Å². The third kappa shape index (κ3) is 2.73. The molecule has 5 nitrogen and oxygen atoms in total. The highest BCUT2D eigenvalue weighted by Crippen LogP contribution is 2.26. The fourth-order valence-corrected chi connectivity index (χ4v) is 2.84. The molecule has 0 amide bonds. The molecule has 6 heteroatoms. The van der Waals surface area contributed by atoms with E-state index in [0.717, 1.165) is 0 Å². The fourth-order valence-electron chi connectivity index (χ4n) is 1.67. The third-order valence-electron chi connectivity index (χ3n) is 2.82. The maximum Gasteiger partial charge on any atom is 0.261 e. The molecule has 0 saturated heterocycles. The van der Waals surface area contributed by atoms with E-state index < -0.39 is 10.0 Å². The first kappa shape index (κ1) is 13.9. The summed E-state index contributed by atoms with van der Waals surface area (Å²) in [5, 5.41) is 18.4. The number of nitrogens with one attached hydrogen (secondary N) is 1. The number of anilines is 1. The summed E-state index contributed by atoms with van der Waals surface area (Å²) in [6.07, 6.45) is 0. The minimum atomic E-state index is -3.80. The molecule has 0 bridgehead atoms. The molecule has 0 heterocycles. The lowest BCUT2D eigenvalue weighted by Gasteiger charge is -2.11. The van der Waals surface area contributed by atoms with Crippen LogP contribution in [0.15, 0.2) is 47.4 Å². The number of aromatic hydroxyl groups is 1. The van der Waals surface area contributed by atoms with E-state index in [-0.39, 0.29) is 16.2 Å². The number of sulfonamides is 1. The van der Waals surface area contributed by atoms with Gasteiger partial charge in [-0.3, -0.25) is 4.72 Å². The van der Waals surface area contributed by atoms with E-state index in [2.05, 4.69) is 4.72 Å². The largest absolute Gasteiger partial charge is 0.508 e. The summed E-state index contributed by atoms with van der Waals surface area (Å²) < 4.78 is 26.9. The Morgan fingerprint density at radius 2 is 1.90 bits per heavy atom. The van der Waals surface area contributed by atoms with Gasteiger partial charge in [0.05, 0.1) is 22.2 Å². The van der Waals surface area contributed by atoms with Crippen molar-refractivity contribution in [3.63, 3.8) is 0 Å². The molecule has 0 radical (unpaired) electrons. The van der Waals surface area contributed by atoms with E-state index >= 15 is 0 Å². The second-order valence-electron chi connectivity index (χ2n) is 4.19. The van der Waals surface area contributed by atoms with Crippen molar-refractivity contribution in [2.75, 3.05) is 4.72 Å². The Hall–Kier alpha value is -2.52. The minimum absolute atomic E-state index is 0.000655. The first-order valence-electron chi connectivity index (χ1n) is 5.75. The Morgan fingerprint density at radius 1 is 1.20 bits per heavy atom. The second kappa shape index (κ2) is 5.23. The number of nitriles is 1. The number of hydrogen-bond acceptors (Lipinski definition) is 4. The van der Waals surface area contributed by atoms with E-state index in [4.69, 9.17) is 5.26 Å². The van der Waals surface area contributed by atoms with Gasteiger partial charge in [-0.15, -0.1) is 0 Å². The number of hydrogen-bond donors (Lipinski definition) is 2. The zero-order valence-corrected chi connectivity index (χ0v) is 11.5. The molecule has 2 N–H and O–H groups in total. The second-order valence-corrected chi connectivity index (χ2v) is 5.88. The average molecular weight is 288 g/mol. The van der Waals surface area contributed by atoms with Crippen molar-refractivity contribution in [3.8, 4) is 11.8 Å². The van der Waals surface area contributed by atoms with Crippen LogP contribution in [0.5, 0.6) is 5.75 Å². The maximum atomic E-state index is 12.2. The van der Waals surface area contributed by atoms with E-state index in [9.17, 15) is 13.5 Å². The van der Waals surface area contributed by atoms with Gasteiger partial charge in [0.15, 0.2) is 0 Å². The summed E-state index contributed by atoms with van der Waals surface area (Å²) in [6.45, 7) is 1.61. The molecule has 0 aliphatic heterocycles. The van der Waals surface area contributed by atoms with Crippen LogP contribution in [0.4, 0.5) is 5.69 Å². The SMILES string of the molecule is Cc1c(O)cccc1NS(=O)(=O)c1cccc(C#N)c1. The van der Waals surface area contributed by atoms with Gasteiger partial charge in [0.25, 0.3) is 10.0 Å². The van der Waals surface area contributed by atoms with Crippen LogP contribution in [0, 0.1) is 18.3 Å². The Labute approximate surface area is 117 Å². The van der Waals surface area contributed by atoms with Gasteiger partial charge in [0.1, 0.15) is 5.75 Å². The monoisotopic (exact) mass is 288 g/mol. The van der Waals surface area contributed by atoms with Crippen LogP contribution in [-0.2, 0) is 10.0 Å². The maximum absolute atomic E-state index is 12.2. The van der Waals surface area contributed by atoms with Crippen LogP contribution in [0.3, 0.4) is 0 Å². The van der Waals surface area contributed by atoms with Gasteiger partial charge < -0.3 is 5.11 Å². The number of benzene rings is 2. The molecule has 0 aliphatic rings. The smallest absolute Gasteiger partial charge is 0.261 e. The summed E-state index contributed by atoms with van der Waals surface area (Å²) in [4.78, 5) is -0.000655. The number of rotatable bonds is 3. The molecule has 20 heavy (non-hydrogen) atoms. The van der Waals surface area contributed by atoms with Gasteiger partial charge in [0, 0.05) is 5.56 Å². The zero-order valence-electron chi connectivity index (χ0n) is 10.7. The van der Waals surface area contributed by atoms with Crippen LogP contribution in [-0.4, -0.2) is 13.5 Å². The Balaban J connectivity index is 2.41. The summed E-state index contributed by atoms with van der Waals surface area (Å²) in [7, 11) is -3.80. The van der Waals surface area contributed by atoms with Crippen molar-refractivity contribution < 1.29 is 13.5 Å². The standard InChI is InChI=1S/C14H12N2O3S/c1-10-13(6-3-7-14(10)17)16-20(18,19)12-5-2-4-11(8-12)9-15/h2-8,16-17H,1H3. The molecule has 2 aromatic rings. The van der Waals surface area contributed by atoms with Crippen LogP contribution in [0.25, 0.3) is 0 Å². The predicted molar refractivity (Wildman–Crippen MR) is 74.8 cm³/mol. The molecule has 0 atom stereocenters. The highest BCUT2D eigenvalue weighted by molar-refractivity contribution is 7.92. The molecule has 0 spiro atoms. The van der Waals surface area contributed by atoms with Crippen molar-refractivity contribution in [1.82, 2.24) is 0 Å². The third-order valence-corrected chi connectivity index (χ3v) is 4.19. The zero-order chi connectivity index (χ0) is 14.8. The summed E-state index contributed by atoms with van der Waals surface area (Å²) in [5.74, 6) is 0.0102. The van der Waals surface area contributed by atoms with Gasteiger partial charge in [-0.1, -0.05) is 12.1 Å². The molecule has 0 aromatic heterocycles. The number of nitrogens with zero attached hydrogens (tertiary/aromatic N) is 1. The van der Waals surface area contributed by atoms with Crippen molar-refractivity contribution in [3.05, 3.63) is 53.6 Å². The highest BCUT2D eigenvalue weighted by atomic mass is 32.2. The van der Waals surface area contributed by atoms with E-state index in [0.29, 0.717) is 11.3 Å². The molecule has 0 saturated carbocycles. The van der Waals surface area contributed by atoms with Gasteiger partial charge >= 0.3 is 0 Å². The molecule has 0 unspecified atom stereocenters. The fraction of sp³-hybridized carbons (Fsp3) is 0.0714. The predicted octanol–water partition coefficient (Wildman–Crippen LogP) is 2.37. The number of phenols is 1. The lowest BCUT2D eigenvalue weighted by molar-refractivity contribution is 0.471. The first-order chi connectivity index (χ1) is 9.44. The molecule has 2 aromatic carbocycles. The summed E-state index contributed by atoms with van der Waals surface area (Å²) in [5.41, 5.74) is 1.00. The van der Waals surface area contributed by atoms with Crippen LogP contribution < -0.4 is 4.72 Å². The van der Waals surface area contributed by atoms with Gasteiger partial charge in [-0.2, -0.15) is 5.26 Å². The van der Waals surface area contributed by atoms with Gasteiger partial charge in [-0.25, -0.2) is 8.42 Å². The molecular formula is C14H12N2O3S. The van der Waals surface area contributed by atoms with Gasteiger partial charge in [-0.05, 0) is 37.3 Å². The summed E-state index contributed by atoms with van der Waals surface area (Å²) >= 11 is 0. The van der Waals surface area contributed by atoms with Crippen molar-refractivity contribution >= 4 is 15.7 Å². The molecular weight excluding hydrogens is 276 g/mol. The van der Waals surface area contributed by atoms with Crippen LogP contribution in [0.1, 0.15) is 11.1 Å². The normalized spacial score (nSPS) is 10.8. The Morgan fingerprint density at radius 3 is 2.60 bits per heavy atom. The Bertz CT molecular complexity index is 792. The number of phenolic OH excluding ortho intramolecular Hbond substituents is 1. The molecule has 0 fully saturated rings. The average Bonchev–Trinajstić information content (AvgIpc) is 2.44. The van der Waals surface area contributed by atoms with Crippen molar-refractivity contribution in [1.29, 1.82) is 5.26 Å². The lowest BCUT2D eigenvalue weighted by Crippen LogP contribution is -2.13. The highest BCUT2D eigenvalue weighted by Gasteiger charge is 2.16. The Kier molecular flexibility index (Phi) is 3.63. The quantitative estimate of drug-likeness (QED) is 0.907. The van der Waals surface area contributed by atoms with Crippen molar-refractivity contribution in [2.45, 2.75) is 11.8 Å². The van der Waals surface area contributed by atoms with E-state index in [1.165, 1.54) is 30.3 Å². The van der Waals surface area contributed by atoms with E-state index in [1.54, 1.807) is 19.1 Å². The summed E-state index contributed by atoms with van der Waals surface area (Å²) in [6, 6.07) is 12.2. The lowest BCUT2D eigenvalue weighted by atomic mass is 10.2. The first-order valence-corrected chi connectivity index (χ1v) is 7.24.